The van der Waals surface area contributed by atoms with Crippen LogP contribution in [0, 0.1) is 11.3 Å². The van der Waals surface area contributed by atoms with E-state index in [1.807, 2.05) is 31.2 Å². The fourth-order valence-electron chi connectivity index (χ4n) is 3.41. The van der Waals surface area contributed by atoms with Gasteiger partial charge in [0.05, 0.1) is 18.8 Å². The van der Waals surface area contributed by atoms with Crippen molar-refractivity contribution in [1.29, 1.82) is 5.26 Å². The second kappa shape index (κ2) is 7.90. The molecule has 1 aliphatic carbocycles. The molecule has 0 spiro atoms. The van der Waals surface area contributed by atoms with Gasteiger partial charge < -0.3 is 15.2 Å². The molecule has 2 unspecified atom stereocenters. The molecule has 136 valence electrons. The van der Waals surface area contributed by atoms with E-state index in [1.165, 1.54) is 11.3 Å². The minimum absolute atomic E-state index is 0.00639. The number of rotatable bonds is 5. The van der Waals surface area contributed by atoms with Gasteiger partial charge >= 0.3 is 0 Å². The average Bonchev–Trinajstić information content (AvgIpc) is 2.97. The fraction of sp³-hybridized carbons (Fsp3) is 0.400. The standard InChI is InChI=1S/C20H22N2O3S/c1-12(14-5-3-4-6-17(14)25-2)9-19(24)22-20-16(11-21)15-8-7-13(23)10-18(15)26-20/h3-6,12-13,23H,7-10H2,1-2H3,(H,22,24). The van der Waals surface area contributed by atoms with Crippen LogP contribution in [0.5, 0.6) is 5.75 Å². The molecule has 0 saturated heterocycles. The third-order valence-electron chi connectivity index (χ3n) is 4.77. The van der Waals surface area contributed by atoms with Gasteiger partial charge in [-0.25, -0.2) is 0 Å². The molecule has 0 aliphatic heterocycles. The van der Waals surface area contributed by atoms with Crippen LogP contribution in [-0.2, 0) is 17.6 Å². The predicted octanol–water partition coefficient (Wildman–Crippen LogP) is 3.61. The van der Waals surface area contributed by atoms with Gasteiger partial charge in [0.15, 0.2) is 0 Å². The number of aliphatic hydroxyl groups excluding tert-OH is 1. The van der Waals surface area contributed by atoms with E-state index in [2.05, 4.69) is 11.4 Å². The lowest BCUT2D eigenvalue weighted by Crippen LogP contribution is -2.17. The van der Waals surface area contributed by atoms with Gasteiger partial charge in [-0.15, -0.1) is 11.3 Å². The monoisotopic (exact) mass is 370 g/mol. The molecule has 3 rings (SSSR count). The quantitative estimate of drug-likeness (QED) is 0.842. The Morgan fingerprint density at radius 1 is 1.50 bits per heavy atom. The Labute approximate surface area is 157 Å². The normalized spacial score (nSPS) is 17.1. The van der Waals surface area contributed by atoms with Gasteiger partial charge in [0.25, 0.3) is 0 Å². The summed E-state index contributed by atoms with van der Waals surface area (Å²) in [5.74, 6) is 0.637. The lowest BCUT2D eigenvalue weighted by Gasteiger charge is -2.16. The molecule has 26 heavy (non-hydrogen) atoms. The Bertz CT molecular complexity index is 853. The van der Waals surface area contributed by atoms with Gasteiger partial charge in [0.1, 0.15) is 16.8 Å². The highest BCUT2D eigenvalue weighted by molar-refractivity contribution is 7.16. The molecule has 2 aromatic rings. The van der Waals surface area contributed by atoms with E-state index in [0.29, 0.717) is 36.2 Å². The Balaban J connectivity index is 1.74. The second-order valence-electron chi connectivity index (χ2n) is 6.61. The third-order valence-corrected chi connectivity index (χ3v) is 5.94. The molecule has 1 aliphatic rings. The van der Waals surface area contributed by atoms with Gasteiger partial charge in [-0.1, -0.05) is 25.1 Å². The zero-order valence-electron chi connectivity index (χ0n) is 14.9. The molecular weight excluding hydrogens is 348 g/mol. The van der Waals surface area contributed by atoms with Crippen molar-refractivity contribution >= 4 is 22.2 Å². The van der Waals surface area contributed by atoms with Crippen LogP contribution in [0.4, 0.5) is 5.00 Å². The number of para-hydroxylation sites is 1. The molecule has 5 nitrogen and oxygen atoms in total. The SMILES string of the molecule is COc1ccccc1C(C)CC(=O)Nc1sc2c(c1C#N)CCC(O)C2. The van der Waals surface area contributed by atoms with Crippen LogP contribution in [0.25, 0.3) is 0 Å². The molecule has 0 fully saturated rings. The van der Waals surface area contributed by atoms with Crippen molar-refractivity contribution in [3.8, 4) is 11.8 Å². The summed E-state index contributed by atoms with van der Waals surface area (Å²) in [6.45, 7) is 1.98. The zero-order chi connectivity index (χ0) is 18.7. The van der Waals surface area contributed by atoms with E-state index in [1.54, 1.807) is 7.11 Å². The number of benzene rings is 1. The molecule has 0 radical (unpaired) electrons. The van der Waals surface area contributed by atoms with Crippen molar-refractivity contribution < 1.29 is 14.6 Å². The Kier molecular flexibility index (Phi) is 5.60. The summed E-state index contributed by atoms with van der Waals surface area (Å²) in [4.78, 5) is 13.5. The van der Waals surface area contributed by atoms with E-state index in [0.717, 1.165) is 21.8 Å². The van der Waals surface area contributed by atoms with Crippen molar-refractivity contribution in [3.63, 3.8) is 0 Å². The van der Waals surface area contributed by atoms with Crippen LogP contribution in [-0.4, -0.2) is 24.2 Å². The molecule has 1 amide bonds. The van der Waals surface area contributed by atoms with Crippen LogP contribution in [0.3, 0.4) is 0 Å². The molecular formula is C20H22N2O3S. The van der Waals surface area contributed by atoms with E-state index in [9.17, 15) is 15.2 Å². The molecule has 0 saturated carbocycles. The van der Waals surface area contributed by atoms with E-state index in [-0.39, 0.29) is 17.9 Å². The van der Waals surface area contributed by atoms with Crippen LogP contribution < -0.4 is 10.1 Å². The summed E-state index contributed by atoms with van der Waals surface area (Å²) >= 11 is 1.41. The largest absolute Gasteiger partial charge is 0.496 e. The number of fused-ring (bicyclic) bond motifs is 1. The van der Waals surface area contributed by atoms with Crippen LogP contribution >= 0.6 is 11.3 Å². The molecule has 2 N–H and O–H groups in total. The van der Waals surface area contributed by atoms with Crippen molar-refractivity contribution in [2.75, 3.05) is 12.4 Å². The average molecular weight is 370 g/mol. The Hall–Kier alpha value is -2.36. The van der Waals surface area contributed by atoms with E-state index < -0.39 is 0 Å². The number of nitrogens with one attached hydrogen (secondary N) is 1. The number of hydrogen-bond donors (Lipinski definition) is 2. The molecule has 6 heteroatoms. The summed E-state index contributed by atoms with van der Waals surface area (Å²) in [6.07, 6.45) is 1.85. The van der Waals surface area contributed by atoms with Crippen LogP contribution in [0.2, 0.25) is 0 Å². The van der Waals surface area contributed by atoms with E-state index in [4.69, 9.17) is 4.74 Å². The van der Waals surface area contributed by atoms with Gasteiger partial charge in [0.2, 0.25) is 5.91 Å². The van der Waals surface area contributed by atoms with Gasteiger partial charge in [0, 0.05) is 17.7 Å². The van der Waals surface area contributed by atoms with E-state index >= 15 is 0 Å². The van der Waals surface area contributed by atoms with Crippen molar-refractivity contribution in [2.24, 2.45) is 0 Å². The highest BCUT2D eigenvalue weighted by Crippen LogP contribution is 2.38. The smallest absolute Gasteiger partial charge is 0.225 e. The number of anilines is 1. The predicted molar refractivity (Wildman–Crippen MR) is 102 cm³/mol. The number of amides is 1. The van der Waals surface area contributed by atoms with Crippen molar-refractivity contribution in [1.82, 2.24) is 0 Å². The maximum atomic E-state index is 12.5. The number of aliphatic hydroxyl groups is 1. The second-order valence-corrected chi connectivity index (χ2v) is 7.72. The molecule has 1 aromatic carbocycles. The van der Waals surface area contributed by atoms with Gasteiger partial charge in [-0.2, -0.15) is 5.26 Å². The first-order valence-electron chi connectivity index (χ1n) is 8.69. The number of thiophene rings is 1. The minimum atomic E-state index is -0.359. The maximum absolute atomic E-state index is 12.5. The third kappa shape index (κ3) is 3.74. The van der Waals surface area contributed by atoms with Gasteiger partial charge in [-0.05, 0) is 36.0 Å². The van der Waals surface area contributed by atoms with Gasteiger partial charge in [-0.3, -0.25) is 4.79 Å². The van der Waals surface area contributed by atoms with Crippen LogP contribution in [0.1, 0.15) is 47.3 Å². The highest BCUT2D eigenvalue weighted by Gasteiger charge is 2.26. The summed E-state index contributed by atoms with van der Waals surface area (Å²) in [5.41, 5.74) is 2.52. The zero-order valence-corrected chi connectivity index (χ0v) is 15.7. The lowest BCUT2D eigenvalue weighted by molar-refractivity contribution is -0.116. The molecule has 1 aromatic heterocycles. The summed E-state index contributed by atoms with van der Waals surface area (Å²) in [7, 11) is 1.62. The number of nitrogens with zero attached hydrogens (tertiary/aromatic N) is 1. The Morgan fingerprint density at radius 2 is 2.27 bits per heavy atom. The minimum Gasteiger partial charge on any atom is -0.496 e. The number of carbonyl (C=O) groups excluding carboxylic acids is 1. The first-order chi connectivity index (χ1) is 12.5. The number of ether oxygens (including phenoxy) is 1. The topological polar surface area (TPSA) is 82.3 Å². The summed E-state index contributed by atoms with van der Waals surface area (Å²) in [5, 5.41) is 22.8. The number of methoxy groups -OCH3 is 1. The Morgan fingerprint density at radius 3 is 3.00 bits per heavy atom. The molecule has 0 bridgehead atoms. The number of nitriles is 1. The summed E-state index contributed by atoms with van der Waals surface area (Å²) in [6, 6.07) is 9.90. The highest BCUT2D eigenvalue weighted by atomic mass is 32.1. The maximum Gasteiger partial charge on any atom is 0.225 e. The summed E-state index contributed by atoms with van der Waals surface area (Å²) < 4.78 is 5.37. The number of carbonyl (C=O) groups is 1. The lowest BCUT2D eigenvalue weighted by atomic mass is 9.94. The fourth-order valence-corrected chi connectivity index (χ4v) is 4.70. The van der Waals surface area contributed by atoms with Crippen molar-refractivity contribution in [2.45, 2.75) is 44.6 Å². The van der Waals surface area contributed by atoms with Crippen molar-refractivity contribution in [3.05, 3.63) is 45.8 Å². The molecule has 1 heterocycles. The number of hydrogen-bond acceptors (Lipinski definition) is 5. The molecule has 2 atom stereocenters. The first kappa shape index (κ1) is 18.4. The first-order valence-corrected chi connectivity index (χ1v) is 9.50. The van der Waals surface area contributed by atoms with Crippen LogP contribution in [0.15, 0.2) is 24.3 Å².